The summed E-state index contributed by atoms with van der Waals surface area (Å²) in [4.78, 5) is 4.42. The highest BCUT2D eigenvalue weighted by molar-refractivity contribution is 9.10. The Bertz CT molecular complexity index is 731. The van der Waals surface area contributed by atoms with Crippen LogP contribution in [0.2, 0.25) is 0 Å². The van der Waals surface area contributed by atoms with Gasteiger partial charge in [0.05, 0.1) is 26.9 Å². The summed E-state index contributed by atoms with van der Waals surface area (Å²) in [5, 5.41) is 3.25. The molecule has 1 unspecified atom stereocenters. The highest BCUT2D eigenvalue weighted by Crippen LogP contribution is 2.36. The second kappa shape index (κ2) is 4.61. The average Bonchev–Trinajstić information content (AvgIpc) is 2.65. The summed E-state index contributed by atoms with van der Waals surface area (Å²) in [7, 11) is -3.18. The van der Waals surface area contributed by atoms with Crippen molar-refractivity contribution in [3.8, 4) is 0 Å². The fourth-order valence-corrected chi connectivity index (χ4v) is 4.35. The largest absolute Gasteiger partial charge is 0.376 e. The molecule has 6 heteroatoms. The van der Waals surface area contributed by atoms with Crippen molar-refractivity contribution in [2.75, 3.05) is 11.1 Å². The molecule has 0 amide bonds. The molecule has 0 spiro atoms. The van der Waals surface area contributed by atoms with Crippen molar-refractivity contribution < 1.29 is 8.42 Å². The number of rotatable bonds is 2. The molecule has 1 aromatic heterocycles. The van der Waals surface area contributed by atoms with Crippen LogP contribution in [0.1, 0.15) is 11.6 Å². The lowest BCUT2D eigenvalue weighted by atomic mass is 10.1. The van der Waals surface area contributed by atoms with Crippen molar-refractivity contribution in [2.45, 2.75) is 10.9 Å². The summed E-state index contributed by atoms with van der Waals surface area (Å²) >= 11 is 3.40. The van der Waals surface area contributed by atoms with E-state index in [1.807, 2.05) is 18.2 Å². The minimum atomic E-state index is -3.18. The Labute approximate surface area is 119 Å². The molecule has 3 rings (SSSR count). The van der Waals surface area contributed by atoms with E-state index in [0.29, 0.717) is 4.90 Å². The van der Waals surface area contributed by atoms with Crippen LogP contribution < -0.4 is 5.32 Å². The van der Waals surface area contributed by atoms with E-state index in [2.05, 4.69) is 26.2 Å². The minimum absolute atomic E-state index is 0.0844. The zero-order chi connectivity index (χ0) is 13.5. The second-order valence-corrected chi connectivity index (χ2v) is 7.23. The van der Waals surface area contributed by atoms with Crippen molar-refractivity contribution in [1.82, 2.24) is 4.98 Å². The summed E-state index contributed by atoms with van der Waals surface area (Å²) in [6, 6.07) is 8.72. The summed E-state index contributed by atoms with van der Waals surface area (Å²) in [6.45, 7) is 0. The lowest BCUT2D eigenvalue weighted by molar-refractivity contribution is 0.598. The van der Waals surface area contributed by atoms with E-state index in [0.717, 1.165) is 15.7 Å². The van der Waals surface area contributed by atoms with E-state index < -0.39 is 9.84 Å². The number of fused-ring (bicyclic) bond motifs is 1. The Balaban J connectivity index is 1.99. The number of pyridine rings is 1. The van der Waals surface area contributed by atoms with Crippen LogP contribution in [-0.2, 0) is 9.84 Å². The van der Waals surface area contributed by atoms with E-state index in [1.165, 1.54) is 0 Å². The van der Waals surface area contributed by atoms with Gasteiger partial charge in [-0.25, -0.2) is 8.42 Å². The van der Waals surface area contributed by atoms with Gasteiger partial charge in [0.1, 0.15) is 0 Å². The summed E-state index contributed by atoms with van der Waals surface area (Å²) in [5.41, 5.74) is 1.66. The van der Waals surface area contributed by atoms with Gasteiger partial charge in [-0.05, 0) is 33.6 Å². The zero-order valence-corrected chi connectivity index (χ0v) is 12.3. The lowest BCUT2D eigenvalue weighted by Crippen LogP contribution is -2.13. The summed E-state index contributed by atoms with van der Waals surface area (Å²) in [6.07, 6.45) is 3.35. The Morgan fingerprint density at radius 2 is 2.05 bits per heavy atom. The van der Waals surface area contributed by atoms with Gasteiger partial charge in [-0.2, -0.15) is 0 Å². The van der Waals surface area contributed by atoms with Gasteiger partial charge in [-0.15, -0.1) is 0 Å². The van der Waals surface area contributed by atoms with Gasteiger partial charge in [0, 0.05) is 12.4 Å². The third kappa shape index (κ3) is 2.26. The fourth-order valence-electron chi connectivity index (χ4n) is 2.25. The van der Waals surface area contributed by atoms with Gasteiger partial charge < -0.3 is 5.32 Å². The molecule has 1 aromatic carbocycles. The molecule has 1 atom stereocenters. The zero-order valence-electron chi connectivity index (χ0n) is 9.88. The van der Waals surface area contributed by atoms with Crippen molar-refractivity contribution in [3.05, 3.63) is 52.8 Å². The van der Waals surface area contributed by atoms with Crippen LogP contribution in [-0.4, -0.2) is 19.2 Å². The molecule has 0 bridgehead atoms. The van der Waals surface area contributed by atoms with Crippen LogP contribution in [0, 0.1) is 0 Å². The Morgan fingerprint density at radius 1 is 1.26 bits per heavy atom. The van der Waals surface area contributed by atoms with E-state index in [9.17, 15) is 8.42 Å². The van der Waals surface area contributed by atoms with Crippen LogP contribution in [0.3, 0.4) is 0 Å². The molecular formula is C13H11BrN2O2S. The first kappa shape index (κ1) is 12.6. The van der Waals surface area contributed by atoms with Gasteiger partial charge in [-0.3, -0.25) is 4.98 Å². The Kier molecular flexibility index (Phi) is 3.06. The molecule has 19 heavy (non-hydrogen) atoms. The molecular weight excluding hydrogens is 328 g/mol. The van der Waals surface area contributed by atoms with Crippen LogP contribution in [0.5, 0.6) is 0 Å². The molecule has 0 saturated carbocycles. The predicted octanol–water partition coefficient (Wildman–Crippen LogP) is 2.78. The molecule has 0 saturated heterocycles. The molecule has 4 nitrogen and oxygen atoms in total. The van der Waals surface area contributed by atoms with Gasteiger partial charge in [0.2, 0.25) is 0 Å². The monoisotopic (exact) mass is 338 g/mol. The molecule has 0 fully saturated rings. The molecule has 98 valence electrons. The maximum absolute atomic E-state index is 12.1. The number of nitrogens with zero attached hydrogens (tertiary/aromatic N) is 1. The first-order chi connectivity index (χ1) is 9.08. The number of hydrogen-bond acceptors (Lipinski definition) is 4. The van der Waals surface area contributed by atoms with Crippen LogP contribution >= 0.6 is 15.9 Å². The lowest BCUT2D eigenvalue weighted by Gasteiger charge is -2.15. The molecule has 1 aliphatic rings. The van der Waals surface area contributed by atoms with E-state index in [1.54, 1.807) is 24.5 Å². The quantitative estimate of drug-likeness (QED) is 0.914. The van der Waals surface area contributed by atoms with E-state index in [-0.39, 0.29) is 11.8 Å². The molecule has 0 radical (unpaired) electrons. The highest BCUT2D eigenvalue weighted by Gasteiger charge is 2.34. The third-order valence-electron chi connectivity index (χ3n) is 3.12. The van der Waals surface area contributed by atoms with Crippen molar-refractivity contribution in [3.63, 3.8) is 0 Å². The number of anilines is 1. The standard InChI is InChI=1S/C13H11BrN2O2S/c14-10-7-15-6-5-11(10)16-12-8-19(17,18)13-4-2-1-3-9(12)13/h1-7,12H,8H2,(H,15,16). The smallest absolute Gasteiger partial charge is 0.181 e. The summed E-state index contributed by atoms with van der Waals surface area (Å²) < 4.78 is 25.0. The van der Waals surface area contributed by atoms with Crippen molar-refractivity contribution in [2.24, 2.45) is 0 Å². The molecule has 2 aromatic rings. The maximum Gasteiger partial charge on any atom is 0.181 e. The topological polar surface area (TPSA) is 59.1 Å². The number of benzene rings is 1. The number of hydrogen-bond donors (Lipinski definition) is 1. The van der Waals surface area contributed by atoms with E-state index in [4.69, 9.17) is 0 Å². The van der Waals surface area contributed by atoms with Crippen LogP contribution in [0.4, 0.5) is 5.69 Å². The predicted molar refractivity (Wildman–Crippen MR) is 76.8 cm³/mol. The number of halogens is 1. The minimum Gasteiger partial charge on any atom is -0.376 e. The van der Waals surface area contributed by atoms with Crippen LogP contribution in [0.25, 0.3) is 0 Å². The number of sulfone groups is 1. The average molecular weight is 339 g/mol. The van der Waals surface area contributed by atoms with Gasteiger partial charge in [0.15, 0.2) is 9.84 Å². The first-order valence-corrected chi connectivity index (χ1v) is 8.20. The highest BCUT2D eigenvalue weighted by atomic mass is 79.9. The number of aromatic nitrogens is 1. The molecule has 1 aliphatic heterocycles. The van der Waals surface area contributed by atoms with Crippen molar-refractivity contribution in [1.29, 1.82) is 0 Å². The second-order valence-electron chi connectivity index (χ2n) is 4.37. The molecule has 2 heterocycles. The normalized spacial score (nSPS) is 19.9. The van der Waals surface area contributed by atoms with Gasteiger partial charge in [-0.1, -0.05) is 18.2 Å². The van der Waals surface area contributed by atoms with E-state index >= 15 is 0 Å². The first-order valence-electron chi connectivity index (χ1n) is 5.76. The molecule has 0 aliphatic carbocycles. The molecule has 1 N–H and O–H groups in total. The number of nitrogens with one attached hydrogen (secondary N) is 1. The Hall–Kier alpha value is -1.40. The van der Waals surface area contributed by atoms with Gasteiger partial charge in [0.25, 0.3) is 0 Å². The SMILES string of the molecule is O=S1(=O)CC(Nc2ccncc2Br)c2ccccc21. The van der Waals surface area contributed by atoms with Crippen molar-refractivity contribution >= 4 is 31.5 Å². The van der Waals surface area contributed by atoms with Gasteiger partial charge >= 0.3 is 0 Å². The third-order valence-corrected chi connectivity index (χ3v) is 5.56. The fraction of sp³-hybridized carbons (Fsp3) is 0.154. The van der Waals surface area contributed by atoms with Crippen LogP contribution in [0.15, 0.2) is 52.1 Å². The maximum atomic E-state index is 12.1. The summed E-state index contributed by atoms with van der Waals surface area (Å²) in [5.74, 6) is 0.0844. The Morgan fingerprint density at radius 3 is 2.84 bits per heavy atom.